The van der Waals surface area contributed by atoms with Gasteiger partial charge in [0.1, 0.15) is 0 Å². The minimum Gasteiger partial charge on any atom is -0.349 e. The van der Waals surface area contributed by atoms with Crippen LogP contribution in [0.2, 0.25) is 0 Å². The molecule has 0 aliphatic carbocycles. The predicted molar refractivity (Wildman–Crippen MR) is 109 cm³/mol. The van der Waals surface area contributed by atoms with Crippen molar-refractivity contribution >= 4 is 16.9 Å². The Morgan fingerprint density at radius 3 is 2.56 bits per heavy atom. The molecule has 0 bridgehead atoms. The Balaban J connectivity index is 1.84. The summed E-state index contributed by atoms with van der Waals surface area (Å²) in [6.45, 7) is 13.9. The fraction of sp³-hybridized carbons (Fsp3) is 0.667. The van der Waals surface area contributed by atoms with Crippen molar-refractivity contribution < 1.29 is 4.79 Å². The average molecular weight is 372 g/mol. The summed E-state index contributed by atoms with van der Waals surface area (Å²) in [6, 6.07) is 2.40. The first-order valence-electron chi connectivity index (χ1n) is 10.3. The van der Waals surface area contributed by atoms with E-state index in [2.05, 4.69) is 49.9 Å². The van der Waals surface area contributed by atoms with Gasteiger partial charge in [-0.2, -0.15) is 5.10 Å². The Bertz CT molecular complexity index is 787. The maximum Gasteiger partial charge on any atom is 0.252 e. The standard InChI is InChI=1S/C21H33N5O/c1-6-9-25-10-7-16(8-11-25)23-21(27)17-12-19(14(2)3)24-20-18(17)13-22-26(20)15(4)5/h12-16H,6-11H2,1-5H3,(H,23,27). The molecule has 2 aromatic rings. The Kier molecular flexibility index (Phi) is 6.15. The summed E-state index contributed by atoms with van der Waals surface area (Å²) in [5.74, 6) is 0.260. The van der Waals surface area contributed by atoms with Crippen molar-refractivity contribution in [1.82, 2.24) is 25.0 Å². The van der Waals surface area contributed by atoms with Crippen LogP contribution in [0.25, 0.3) is 11.0 Å². The van der Waals surface area contributed by atoms with Crippen LogP contribution in [-0.4, -0.2) is 51.2 Å². The first-order valence-corrected chi connectivity index (χ1v) is 10.3. The lowest BCUT2D eigenvalue weighted by Gasteiger charge is -2.32. The van der Waals surface area contributed by atoms with Crippen LogP contribution in [0, 0.1) is 0 Å². The fourth-order valence-corrected chi connectivity index (χ4v) is 3.78. The second-order valence-corrected chi connectivity index (χ2v) is 8.26. The number of pyridine rings is 1. The quantitative estimate of drug-likeness (QED) is 0.840. The van der Waals surface area contributed by atoms with E-state index in [9.17, 15) is 4.79 Å². The topological polar surface area (TPSA) is 63.1 Å². The highest BCUT2D eigenvalue weighted by molar-refractivity contribution is 6.05. The van der Waals surface area contributed by atoms with Crippen LogP contribution in [-0.2, 0) is 0 Å². The Morgan fingerprint density at radius 1 is 1.26 bits per heavy atom. The number of aromatic nitrogens is 3. The van der Waals surface area contributed by atoms with Crippen molar-refractivity contribution in [2.75, 3.05) is 19.6 Å². The van der Waals surface area contributed by atoms with Crippen molar-refractivity contribution in [3.05, 3.63) is 23.5 Å². The highest BCUT2D eigenvalue weighted by Crippen LogP contribution is 2.24. The molecule has 1 aliphatic heterocycles. The van der Waals surface area contributed by atoms with E-state index in [-0.39, 0.29) is 23.9 Å². The number of fused-ring (bicyclic) bond motifs is 1. The number of hydrogen-bond donors (Lipinski definition) is 1. The van der Waals surface area contributed by atoms with Gasteiger partial charge < -0.3 is 10.2 Å². The Labute approximate surface area is 162 Å². The Morgan fingerprint density at radius 2 is 1.96 bits per heavy atom. The van der Waals surface area contributed by atoms with E-state index in [1.807, 2.05) is 10.7 Å². The number of piperidine rings is 1. The zero-order valence-electron chi connectivity index (χ0n) is 17.3. The molecule has 1 saturated heterocycles. The first kappa shape index (κ1) is 19.8. The Hall–Kier alpha value is -1.95. The molecule has 0 spiro atoms. The van der Waals surface area contributed by atoms with Gasteiger partial charge >= 0.3 is 0 Å². The molecule has 6 nitrogen and oxygen atoms in total. The zero-order valence-corrected chi connectivity index (χ0v) is 17.3. The largest absolute Gasteiger partial charge is 0.349 e. The van der Waals surface area contributed by atoms with Crippen molar-refractivity contribution in [3.63, 3.8) is 0 Å². The first-order chi connectivity index (χ1) is 12.9. The summed E-state index contributed by atoms with van der Waals surface area (Å²) < 4.78 is 1.90. The molecular formula is C21H33N5O. The molecular weight excluding hydrogens is 338 g/mol. The molecule has 0 unspecified atom stereocenters. The monoisotopic (exact) mass is 371 g/mol. The lowest BCUT2D eigenvalue weighted by atomic mass is 10.0. The van der Waals surface area contributed by atoms with Gasteiger partial charge in [-0.15, -0.1) is 0 Å². The molecule has 2 aromatic heterocycles. The zero-order chi connectivity index (χ0) is 19.6. The molecule has 27 heavy (non-hydrogen) atoms. The average Bonchev–Trinajstić information content (AvgIpc) is 3.07. The van der Waals surface area contributed by atoms with E-state index in [1.165, 1.54) is 6.42 Å². The molecule has 1 amide bonds. The number of likely N-dealkylation sites (tertiary alicyclic amines) is 1. The number of nitrogens with zero attached hydrogens (tertiary/aromatic N) is 4. The number of carbonyl (C=O) groups is 1. The van der Waals surface area contributed by atoms with Gasteiger partial charge in [-0.05, 0) is 51.6 Å². The third-order valence-corrected chi connectivity index (χ3v) is 5.37. The number of carbonyl (C=O) groups excluding carboxylic acids is 1. The molecule has 6 heteroatoms. The summed E-state index contributed by atoms with van der Waals surface area (Å²) in [5, 5.41) is 8.59. The van der Waals surface area contributed by atoms with Crippen LogP contribution in [0.15, 0.2) is 12.3 Å². The van der Waals surface area contributed by atoms with E-state index in [4.69, 9.17) is 4.98 Å². The summed E-state index contributed by atoms with van der Waals surface area (Å²) in [6.07, 6.45) is 5.00. The maximum atomic E-state index is 13.1. The highest BCUT2D eigenvalue weighted by atomic mass is 16.1. The second kappa shape index (κ2) is 8.38. The summed E-state index contributed by atoms with van der Waals surface area (Å²) in [5.41, 5.74) is 2.44. The molecule has 1 aliphatic rings. The lowest BCUT2D eigenvalue weighted by Crippen LogP contribution is -2.44. The van der Waals surface area contributed by atoms with Crippen LogP contribution >= 0.6 is 0 Å². The number of nitrogens with one attached hydrogen (secondary N) is 1. The van der Waals surface area contributed by atoms with Gasteiger partial charge in [0.2, 0.25) is 0 Å². The van der Waals surface area contributed by atoms with E-state index in [0.29, 0.717) is 5.56 Å². The fourth-order valence-electron chi connectivity index (χ4n) is 3.78. The minimum atomic E-state index is 0.00143. The summed E-state index contributed by atoms with van der Waals surface area (Å²) in [4.78, 5) is 20.4. The third kappa shape index (κ3) is 4.32. The van der Waals surface area contributed by atoms with Gasteiger partial charge in [-0.1, -0.05) is 20.8 Å². The predicted octanol–water partition coefficient (Wildman–Crippen LogP) is 3.74. The minimum absolute atomic E-state index is 0.00143. The second-order valence-electron chi connectivity index (χ2n) is 8.26. The van der Waals surface area contributed by atoms with Crippen molar-refractivity contribution in [2.45, 2.75) is 71.9 Å². The smallest absolute Gasteiger partial charge is 0.252 e. The summed E-state index contributed by atoms with van der Waals surface area (Å²) >= 11 is 0. The molecule has 0 saturated carbocycles. The molecule has 0 atom stereocenters. The number of amides is 1. The van der Waals surface area contributed by atoms with E-state index in [1.54, 1.807) is 6.20 Å². The molecule has 1 N–H and O–H groups in total. The van der Waals surface area contributed by atoms with Gasteiger partial charge in [-0.25, -0.2) is 9.67 Å². The van der Waals surface area contributed by atoms with Crippen LogP contribution in [0.3, 0.4) is 0 Å². The number of rotatable bonds is 6. The van der Waals surface area contributed by atoms with Crippen LogP contribution < -0.4 is 5.32 Å². The number of hydrogen-bond acceptors (Lipinski definition) is 4. The van der Waals surface area contributed by atoms with E-state index in [0.717, 1.165) is 49.2 Å². The normalized spacial score (nSPS) is 16.6. The molecule has 0 aromatic carbocycles. The summed E-state index contributed by atoms with van der Waals surface area (Å²) in [7, 11) is 0. The van der Waals surface area contributed by atoms with E-state index < -0.39 is 0 Å². The van der Waals surface area contributed by atoms with Gasteiger partial charge in [0.15, 0.2) is 5.65 Å². The molecule has 148 valence electrons. The third-order valence-electron chi connectivity index (χ3n) is 5.37. The van der Waals surface area contributed by atoms with E-state index >= 15 is 0 Å². The molecule has 3 rings (SSSR count). The lowest BCUT2D eigenvalue weighted by molar-refractivity contribution is 0.0912. The van der Waals surface area contributed by atoms with Gasteiger partial charge in [0.05, 0.1) is 17.1 Å². The van der Waals surface area contributed by atoms with Crippen molar-refractivity contribution in [1.29, 1.82) is 0 Å². The molecule has 1 fully saturated rings. The van der Waals surface area contributed by atoms with Gasteiger partial charge in [0.25, 0.3) is 5.91 Å². The molecule has 3 heterocycles. The molecule has 0 radical (unpaired) electrons. The van der Waals surface area contributed by atoms with Crippen LogP contribution in [0.5, 0.6) is 0 Å². The van der Waals surface area contributed by atoms with Crippen LogP contribution in [0.1, 0.15) is 81.9 Å². The highest BCUT2D eigenvalue weighted by Gasteiger charge is 2.23. The van der Waals surface area contributed by atoms with Gasteiger partial charge in [0, 0.05) is 30.9 Å². The van der Waals surface area contributed by atoms with Crippen LogP contribution in [0.4, 0.5) is 0 Å². The van der Waals surface area contributed by atoms with Gasteiger partial charge in [-0.3, -0.25) is 4.79 Å². The maximum absolute atomic E-state index is 13.1. The SMILES string of the molecule is CCCN1CCC(NC(=O)c2cc(C(C)C)nc3c2cnn3C(C)C)CC1. The van der Waals surface area contributed by atoms with Crippen molar-refractivity contribution in [2.24, 2.45) is 0 Å². The van der Waals surface area contributed by atoms with Crippen molar-refractivity contribution in [3.8, 4) is 0 Å².